The summed E-state index contributed by atoms with van der Waals surface area (Å²) in [5, 5.41) is 36.6. The van der Waals surface area contributed by atoms with Crippen molar-refractivity contribution < 1.29 is 30.0 Å². The minimum absolute atomic E-state index is 0.0547. The number of benzene rings is 1. The lowest BCUT2D eigenvalue weighted by atomic mass is 9.92. The Hall–Kier alpha value is -1.84. The van der Waals surface area contributed by atoms with E-state index in [9.17, 15) is 19.8 Å². The molecule has 0 spiro atoms. The largest absolute Gasteiger partial charge is 0.395 e. The first kappa shape index (κ1) is 24.2. The standard InChI is InChI=1S/C20H32N2O6/c23-12-8-21(9-13-24)7-6-19(27)18(16-17-4-2-1-3-5-17)20(28)22(10-14-25)11-15-26/h1-5,18,23-26H,6-16H2/t18-/m1/s1. The Morgan fingerprint density at radius 2 is 1.32 bits per heavy atom. The number of carbonyl (C=O) groups is 2. The van der Waals surface area contributed by atoms with Gasteiger partial charge in [0.05, 0.1) is 26.4 Å². The van der Waals surface area contributed by atoms with Gasteiger partial charge in [-0.2, -0.15) is 0 Å². The predicted octanol–water partition coefficient (Wildman–Crippen LogP) is -1.10. The number of hydrogen-bond donors (Lipinski definition) is 4. The van der Waals surface area contributed by atoms with E-state index in [1.165, 1.54) is 4.90 Å². The Kier molecular flexibility index (Phi) is 12.3. The first-order valence-corrected chi connectivity index (χ1v) is 9.58. The molecular formula is C20H32N2O6. The van der Waals surface area contributed by atoms with Crippen LogP contribution < -0.4 is 0 Å². The lowest BCUT2D eigenvalue weighted by Crippen LogP contribution is -2.44. The molecule has 8 nitrogen and oxygen atoms in total. The third-order valence-electron chi connectivity index (χ3n) is 4.53. The van der Waals surface area contributed by atoms with Gasteiger partial charge in [-0.05, 0) is 12.0 Å². The summed E-state index contributed by atoms with van der Waals surface area (Å²) < 4.78 is 0. The molecule has 0 bridgehead atoms. The van der Waals surface area contributed by atoms with E-state index in [-0.39, 0.29) is 58.1 Å². The van der Waals surface area contributed by atoms with Crippen molar-refractivity contribution in [3.05, 3.63) is 35.9 Å². The van der Waals surface area contributed by atoms with E-state index >= 15 is 0 Å². The topological polar surface area (TPSA) is 122 Å². The lowest BCUT2D eigenvalue weighted by molar-refractivity contribution is -0.142. The van der Waals surface area contributed by atoms with E-state index in [1.807, 2.05) is 30.3 Å². The predicted molar refractivity (Wildman–Crippen MR) is 105 cm³/mol. The first-order valence-electron chi connectivity index (χ1n) is 9.58. The van der Waals surface area contributed by atoms with E-state index in [0.717, 1.165) is 5.56 Å². The highest BCUT2D eigenvalue weighted by Crippen LogP contribution is 2.15. The number of Topliss-reactive ketones (excluding diaryl/α,β-unsaturated/α-hetero) is 1. The van der Waals surface area contributed by atoms with Crippen molar-refractivity contribution in [2.75, 3.05) is 59.2 Å². The van der Waals surface area contributed by atoms with Gasteiger partial charge in [0.25, 0.3) is 0 Å². The van der Waals surface area contributed by atoms with Gasteiger partial charge in [0.2, 0.25) is 5.91 Å². The van der Waals surface area contributed by atoms with Crippen LogP contribution in [0.5, 0.6) is 0 Å². The quantitative estimate of drug-likeness (QED) is 0.278. The van der Waals surface area contributed by atoms with Crippen LogP contribution in [0.3, 0.4) is 0 Å². The molecule has 0 saturated heterocycles. The van der Waals surface area contributed by atoms with Crippen LogP contribution in [0, 0.1) is 5.92 Å². The molecule has 1 atom stereocenters. The molecule has 0 fully saturated rings. The Morgan fingerprint density at radius 1 is 0.786 bits per heavy atom. The summed E-state index contributed by atoms with van der Waals surface area (Å²) in [6.07, 6.45) is 0.348. The van der Waals surface area contributed by atoms with Crippen molar-refractivity contribution in [2.24, 2.45) is 5.92 Å². The van der Waals surface area contributed by atoms with Crippen LogP contribution in [0.2, 0.25) is 0 Å². The smallest absolute Gasteiger partial charge is 0.233 e. The summed E-state index contributed by atoms with van der Waals surface area (Å²) in [6.45, 7) is 0.454. The molecule has 0 saturated carbocycles. The van der Waals surface area contributed by atoms with Gasteiger partial charge in [-0.3, -0.25) is 14.5 Å². The van der Waals surface area contributed by atoms with Crippen LogP contribution in [0.4, 0.5) is 0 Å². The summed E-state index contributed by atoms with van der Waals surface area (Å²) in [5.74, 6) is -1.56. The Morgan fingerprint density at radius 3 is 1.82 bits per heavy atom. The number of ketones is 1. The molecule has 0 heterocycles. The summed E-state index contributed by atoms with van der Waals surface area (Å²) in [6, 6.07) is 9.23. The average Bonchev–Trinajstić information content (AvgIpc) is 2.70. The van der Waals surface area contributed by atoms with Crippen LogP contribution in [-0.4, -0.2) is 101 Å². The highest BCUT2D eigenvalue weighted by Gasteiger charge is 2.30. The summed E-state index contributed by atoms with van der Waals surface area (Å²) >= 11 is 0. The van der Waals surface area contributed by atoms with Crippen LogP contribution in [0.15, 0.2) is 30.3 Å². The fraction of sp³-hybridized carbons (Fsp3) is 0.600. The van der Waals surface area contributed by atoms with Gasteiger partial charge in [0.15, 0.2) is 0 Å². The maximum absolute atomic E-state index is 13.0. The van der Waals surface area contributed by atoms with Gasteiger partial charge in [-0.15, -0.1) is 0 Å². The maximum atomic E-state index is 13.0. The van der Waals surface area contributed by atoms with Crippen molar-refractivity contribution in [3.63, 3.8) is 0 Å². The number of aliphatic hydroxyl groups excluding tert-OH is 4. The normalized spacial score (nSPS) is 12.2. The van der Waals surface area contributed by atoms with Crippen LogP contribution in [0.25, 0.3) is 0 Å². The molecule has 28 heavy (non-hydrogen) atoms. The third kappa shape index (κ3) is 8.45. The zero-order chi connectivity index (χ0) is 20.8. The monoisotopic (exact) mass is 396 g/mol. The second-order valence-corrected chi connectivity index (χ2v) is 6.52. The summed E-state index contributed by atoms with van der Waals surface area (Å²) in [4.78, 5) is 28.9. The maximum Gasteiger partial charge on any atom is 0.233 e. The highest BCUT2D eigenvalue weighted by molar-refractivity contribution is 6.01. The molecule has 0 aliphatic rings. The zero-order valence-electron chi connectivity index (χ0n) is 16.2. The number of aliphatic hydroxyl groups is 4. The minimum atomic E-state index is -0.911. The molecule has 0 aliphatic heterocycles. The van der Waals surface area contributed by atoms with Crippen molar-refractivity contribution in [1.29, 1.82) is 0 Å². The number of carbonyl (C=O) groups excluding carboxylic acids is 2. The fourth-order valence-electron chi connectivity index (χ4n) is 3.04. The molecule has 1 aromatic rings. The molecule has 0 aliphatic carbocycles. The number of nitrogens with zero attached hydrogens (tertiary/aromatic N) is 2. The van der Waals surface area contributed by atoms with Crippen molar-refractivity contribution >= 4 is 11.7 Å². The van der Waals surface area contributed by atoms with Gasteiger partial charge in [0.1, 0.15) is 11.7 Å². The molecule has 8 heteroatoms. The Bertz CT molecular complexity index is 557. The second kappa shape index (κ2) is 14.2. The average molecular weight is 396 g/mol. The van der Waals surface area contributed by atoms with Crippen LogP contribution in [0.1, 0.15) is 12.0 Å². The van der Waals surface area contributed by atoms with E-state index in [0.29, 0.717) is 19.6 Å². The number of rotatable bonds is 15. The van der Waals surface area contributed by atoms with Crippen molar-refractivity contribution in [3.8, 4) is 0 Å². The van der Waals surface area contributed by atoms with Gasteiger partial charge in [-0.25, -0.2) is 0 Å². The van der Waals surface area contributed by atoms with Crippen LogP contribution >= 0.6 is 0 Å². The fourth-order valence-corrected chi connectivity index (χ4v) is 3.04. The SMILES string of the molecule is O=C(CCN(CCO)CCO)[C@@H](Cc1ccccc1)C(=O)N(CCO)CCO. The number of amides is 1. The van der Waals surface area contributed by atoms with E-state index in [4.69, 9.17) is 10.2 Å². The second-order valence-electron chi connectivity index (χ2n) is 6.52. The zero-order valence-corrected chi connectivity index (χ0v) is 16.2. The molecule has 0 aromatic heterocycles. The lowest BCUT2D eigenvalue weighted by Gasteiger charge is -2.27. The molecule has 158 valence electrons. The summed E-state index contributed by atoms with van der Waals surface area (Å²) in [7, 11) is 0. The van der Waals surface area contributed by atoms with Gasteiger partial charge in [-0.1, -0.05) is 30.3 Å². The summed E-state index contributed by atoms with van der Waals surface area (Å²) in [5.41, 5.74) is 0.852. The highest BCUT2D eigenvalue weighted by atomic mass is 16.3. The Balaban J connectivity index is 2.91. The molecule has 0 radical (unpaired) electrons. The van der Waals surface area contributed by atoms with E-state index < -0.39 is 11.8 Å². The Labute approximate surface area is 166 Å². The molecule has 4 N–H and O–H groups in total. The van der Waals surface area contributed by atoms with Gasteiger partial charge >= 0.3 is 0 Å². The van der Waals surface area contributed by atoms with Crippen molar-refractivity contribution in [1.82, 2.24) is 9.80 Å². The van der Waals surface area contributed by atoms with E-state index in [2.05, 4.69) is 0 Å². The van der Waals surface area contributed by atoms with Gasteiger partial charge < -0.3 is 25.3 Å². The van der Waals surface area contributed by atoms with Gasteiger partial charge in [0, 0.05) is 39.1 Å². The number of hydrogen-bond acceptors (Lipinski definition) is 7. The molecule has 1 rings (SSSR count). The van der Waals surface area contributed by atoms with Crippen molar-refractivity contribution in [2.45, 2.75) is 12.8 Å². The molecule has 0 unspecified atom stereocenters. The van der Waals surface area contributed by atoms with E-state index in [1.54, 1.807) is 4.90 Å². The van der Waals surface area contributed by atoms with Crippen LogP contribution in [-0.2, 0) is 16.0 Å². The molecule has 1 amide bonds. The third-order valence-corrected chi connectivity index (χ3v) is 4.53. The molecule has 1 aromatic carbocycles. The first-order chi connectivity index (χ1) is 13.6. The molecular weight excluding hydrogens is 364 g/mol. The minimum Gasteiger partial charge on any atom is -0.395 e.